The van der Waals surface area contributed by atoms with Crippen LogP contribution in [0.15, 0.2) is 0 Å². The maximum Gasteiger partial charge on any atom is 0.306 e. The summed E-state index contributed by atoms with van der Waals surface area (Å²) >= 11 is 0. The van der Waals surface area contributed by atoms with E-state index >= 15 is 0 Å². The molecule has 0 aromatic carbocycles. The molecule has 6 heteroatoms. The van der Waals surface area contributed by atoms with Gasteiger partial charge in [0.1, 0.15) is 13.2 Å². The van der Waals surface area contributed by atoms with Crippen molar-refractivity contribution in [2.45, 2.75) is 341 Å². The number of unbranched alkanes of at least 4 members (excludes halogenated alkanes) is 43. The Kier molecular flexibility index (Phi) is 52.7. The lowest BCUT2D eigenvalue weighted by molar-refractivity contribution is -0.167. The van der Waals surface area contributed by atoms with Gasteiger partial charge in [0.2, 0.25) is 0 Å². The molecule has 0 aromatic heterocycles. The number of rotatable bonds is 54. The molecule has 0 aromatic rings. The van der Waals surface area contributed by atoms with Crippen LogP contribution < -0.4 is 0 Å². The van der Waals surface area contributed by atoms with Crippen molar-refractivity contribution in [1.29, 1.82) is 0 Å². The van der Waals surface area contributed by atoms with Gasteiger partial charge in [-0.05, 0) is 19.3 Å². The van der Waals surface area contributed by atoms with E-state index in [4.69, 9.17) is 14.2 Å². The summed E-state index contributed by atoms with van der Waals surface area (Å²) in [4.78, 5) is 38.0. The predicted molar refractivity (Wildman–Crippen MR) is 275 cm³/mol. The van der Waals surface area contributed by atoms with Crippen LogP contribution in [0.2, 0.25) is 0 Å². The Balaban J connectivity index is 4.15. The zero-order valence-corrected chi connectivity index (χ0v) is 43.6. The van der Waals surface area contributed by atoms with Gasteiger partial charge in [-0.1, -0.05) is 297 Å². The van der Waals surface area contributed by atoms with Crippen molar-refractivity contribution in [2.75, 3.05) is 13.2 Å². The molecule has 0 fully saturated rings. The highest BCUT2D eigenvalue weighted by Crippen LogP contribution is 2.18. The highest BCUT2D eigenvalue weighted by molar-refractivity contribution is 5.71. The molecule has 0 aliphatic carbocycles. The first-order valence-corrected chi connectivity index (χ1v) is 29.0. The van der Waals surface area contributed by atoms with Gasteiger partial charge in [0, 0.05) is 19.3 Å². The summed E-state index contributed by atoms with van der Waals surface area (Å²) in [6.07, 6.45) is 59.6. The van der Waals surface area contributed by atoms with Gasteiger partial charge in [-0.3, -0.25) is 14.4 Å². The third-order valence-corrected chi connectivity index (χ3v) is 13.4. The maximum absolute atomic E-state index is 12.8. The highest BCUT2D eigenvalue weighted by Gasteiger charge is 2.19. The minimum Gasteiger partial charge on any atom is -0.462 e. The Labute approximate surface area is 399 Å². The SMILES string of the molecule is CCCCCCCCCCCCCCCCCCCCCCCCC(=O)OCC(COC(=O)CCCCCCCCCCC)OC(=O)CCCCCCCCCCCCCCCCC. The number of hydrogen-bond acceptors (Lipinski definition) is 6. The molecule has 0 aliphatic heterocycles. The smallest absolute Gasteiger partial charge is 0.306 e. The van der Waals surface area contributed by atoms with Crippen LogP contribution in [0, 0.1) is 0 Å². The lowest BCUT2D eigenvalue weighted by Crippen LogP contribution is -2.30. The molecule has 6 nitrogen and oxygen atoms in total. The van der Waals surface area contributed by atoms with E-state index in [2.05, 4.69) is 20.8 Å². The number of carbonyl (C=O) groups is 3. The molecule has 0 spiro atoms. The lowest BCUT2D eigenvalue weighted by atomic mass is 10.0. The molecule has 0 saturated heterocycles. The van der Waals surface area contributed by atoms with Crippen molar-refractivity contribution < 1.29 is 28.6 Å². The molecule has 0 radical (unpaired) electrons. The first-order valence-electron chi connectivity index (χ1n) is 29.0. The van der Waals surface area contributed by atoms with E-state index in [1.807, 2.05) is 0 Å². The predicted octanol–water partition coefficient (Wildman–Crippen LogP) is 19.2. The minimum atomic E-state index is -0.760. The molecule has 0 aliphatic rings. The number of hydrogen-bond donors (Lipinski definition) is 0. The van der Waals surface area contributed by atoms with E-state index in [9.17, 15) is 14.4 Å². The van der Waals surface area contributed by atoms with E-state index in [1.165, 1.54) is 238 Å². The Bertz CT molecular complexity index is 951. The van der Waals surface area contributed by atoms with E-state index < -0.39 is 6.10 Å². The summed E-state index contributed by atoms with van der Waals surface area (Å²) in [6, 6.07) is 0. The average Bonchev–Trinajstić information content (AvgIpc) is 3.29. The summed E-state index contributed by atoms with van der Waals surface area (Å²) in [7, 11) is 0. The van der Waals surface area contributed by atoms with Gasteiger partial charge in [-0.15, -0.1) is 0 Å². The molecule has 0 heterocycles. The molecular formula is C58H112O6. The Morgan fingerprint density at radius 3 is 0.625 bits per heavy atom. The normalized spacial score (nSPS) is 11.9. The zero-order valence-electron chi connectivity index (χ0n) is 43.6. The number of ether oxygens (including phenoxy) is 3. The van der Waals surface area contributed by atoms with E-state index in [1.54, 1.807) is 0 Å². The molecule has 1 unspecified atom stereocenters. The summed E-state index contributed by atoms with van der Waals surface area (Å²) in [5.74, 6) is -0.837. The first kappa shape index (κ1) is 62.4. The van der Waals surface area contributed by atoms with E-state index in [0.717, 1.165) is 57.8 Å². The van der Waals surface area contributed by atoms with Gasteiger partial charge >= 0.3 is 17.9 Å². The maximum atomic E-state index is 12.8. The molecule has 0 bridgehead atoms. The fraction of sp³-hybridized carbons (Fsp3) is 0.948. The number of carbonyl (C=O) groups excluding carboxylic acids is 3. The second-order valence-corrected chi connectivity index (χ2v) is 19.9. The largest absolute Gasteiger partial charge is 0.462 e. The molecule has 0 rings (SSSR count). The fourth-order valence-corrected chi connectivity index (χ4v) is 8.98. The standard InChI is InChI=1S/C58H112O6/c1-4-7-10-13-16-19-21-23-25-26-27-28-29-30-31-33-34-36-39-42-45-48-51-57(60)63-54-55(53-62-56(59)50-47-44-41-38-18-15-12-9-6-3)64-58(61)52-49-46-43-40-37-35-32-24-22-20-17-14-11-8-5-2/h55H,4-54H2,1-3H3. The fourth-order valence-electron chi connectivity index (χ4n) is 8.98. The van der Waals surface area contributed by atoms with Crippen LogP contribution in [0.25, 0.3) is 0 Å². The van der Waals surface area contributed by atoms with Crippen LogP contribution in [-0.2, 0) is 28.6 Å². The monoisotopic (exact) mass is 905 g/mol. The van der Waals surface area contributed by atoms with Crippen LogP contribution in [0.3, 0.4) is 0 Å². The van der Waals surface area contributed by atoms with Crippen molar-refractivity contribution in [3.05, 3.63) is 0 Å². The van der Waals surface area contributed by atoms with E-state index in [0.29, 0.717) is 19.3 Å². The second-order valence-electron chi connectivity index (χ2n) is 19.9. The van der Waals surface area contributed by atoms with Gasteiger partial charge in [-0.2, -0.15) is 0 Å². The van der Waals surface area contributed by atoms with E-state index in [-0.39, 0.29) is 31.1 Å². The molecule has 1 atom stereocenters. The first-order chi connectivity index (χ1) is 31.5. The third kappa shape index (κ3) is 51.4. The lowest BCUT2D eigenvalue weighted by Gasteiger charge is -2.18. The molecule has 0 amide bonds. The van der Waals surface area contributed by atoms with Crippen LogP contribution >= 0.6 is 0 Å². The van der Waals surface area contributed by atoms with Crippen LogP contribution in [0.4, 0.5) is 0 Å². The zero-order chi connectivity index (χ0) is 46.5. The van der Waals surface area contributed by atoms with Gasteiger partial charge < -0.3 is 14.2 Å². The second kappa shape index (κ2) is 54.0. The molecule has 0 saturated carbocycles. The number of esters is 3. The molecule has 64 heavy (non-hydrogen) atoms. The molecular weight excluding hydrogens is 793 g/mol. The molecule has 380 valence electrons. The van der Waals surface area contributed by atoms with Gasteiger partial charge in [0.25, 0.3) is 0 Å². The summed E-state index contributed by atoms with van der Waals surface area (Å²) in [6.45, 7) is 6.68. The average molecular weight is 906 g/mol. The third-order valence-electron chi connectivity index (χ3n) is 13.4. The summed E-state index contributed by atoms with van der Waals surface area (Å²) in [5, 5.41) is 0. The topological polar surface area (TPSA) is 78.9 Å². The quantitative estimate of drug-likeness (QED) is 0.0344. The van der Waals surface area contributed by atoms with Crippen molar-refractivity contribution in [2.24, 2.45) is 0 Å². The Morgan fingerprint density at radius 1 is 0.250 bits per heavy atom. The highest BCUT2D eigenvalue weighted by atomic mass is 16.6. The van der Waals surface area contributed by atoms with Gasteiger partial charge in [-0.25, -0.2) is 0 Å². The molecule has 0 N–H and O–H groups in total. The Hall–Kier alpha value is -1.59. The van der Waals surface area contributed by atoms with Crippen LogP contribution in [0.1, 0.15) is 335 Å². The van der Waals surface area contributed by atoms with Crippen molar-refractivity contribution >= 4 is 17.9 Å². The van der Waals surface area contributed by atoms with Crippen molar-refractivity contribution in [3.8, 4) is 0 Å². The van der Waals surface area contributed by atoms with Crippen molar-refractivity contribution in [1.82, 2.24) is 0 Å². The minimum absolute atomic E-state index is 0.0615. The Morgan fingerprint density at radius 2 is 0.422 bits per heavy atom. The summed E-state index contributed by atoms with van der Waals surface area (Å²) in [5.41, 5.74) is 0. The van der Waals surface area contributed by atoms with Crippen molar-refractivity contribution in [3.63, 3.8) is 0 Å². The summed E-state index contributed by atoms with van der Waals surface area (Å²) < 4.78 is 16.8. The van der Waals surface area contributed by atoms with Gasteiger partial charge in [0.15, 0.2) is 6.10 Å². The van der Waals surface area contributed by atoms with Crippen LogP contribution in [-0.4, -0.2) is 37.2 Å². The van der Waals surface area contributed by atoms with Crippen LogP contribution in [0.5, 0.6) is 0 Å². The van der Waals surface area contributed by atoms with Gasteiger partial charge in [0.05, 0.1) is 0 Å².